The number of nitrogens with one attached hydrogen (secondary N) is 1. The normalized spacial score (nSPS) is 16.4. The van der Waals surface area contributed by atoms with Crippen LogP contribution in [-0.2, 0) is 4.74 Å². The van der Waals surface area contributed by atoms with Crippen LogP contribution < -0.4 is 14.8 Å². The lowest BCUT2D eigenvalue weighted by molar-refractivity contribution is 0.0677. The van der Waals surface area contributed by atoms with Crippen LogP contribution >= 0.6 is 15.9 Å². The Hall–Kier alpha value is -2.05. The molecular formula is C21H24BrNO4. The molecule has 2 aromatic rings. The van der Waals surface area contributed by atoms with Gasteiger partial charge in [0, 0.05) is 23.9 Å². The third-order valence-corrected chi connectivity index (χ3v) is 4.73. The van der Waals surface area contributed by atoms with Crippen molar-refractivity contribution in [3.63, 3.8) is 0 Å². The van der Waals surface area contributed by atoms with Crippen molar-refractivity contribution in [2.24, 2.45) is 0 Å². The van der Waals surface area contributed by atoms with E-state index in [1.54, 1.807) is 18.2 Å². The molecule has 0 aromatic heterocycles. The van der Waals surface area contributed by atoms with Crippen LogP contribution in [0.1, 0.15) is 37.0 Å². The monoisotopic (exact) mass is 433 g/mol. The summed E-state index contributed by atoms with van der Waals surface area (Å²) in [4.78, 5) is 12.5. The van der Waals surface area contributed by atoms with Gasteiger partial charge in [0.15, 0.2) is 0 Å². The fourth-order valence-electron chi connectivity index (χ4n) is 2.84. The lowest BCUT2D eigenvalue weighted by Crippen LogP contribution is -2.16. The molecule has 1 fully saturated rings. The summed E-state index contributed by atoms with van der Waals surface area (Å²) in [6, 6.07) is 12.7. The maximum Gasteiger partial charge on any atom is 0.255 e. The highest BCUT2D eigenvalue weighted by molar-refractivity contribution is 9.10. The van der Waals surface area contributed by atoms with Crippen LogP contribution in [0.3, 0.4) is 0 Å². The van der Waals surface area contributed by atoms with Gasteiger partial charge < -0.3 is 19.5 Å². The predicted molar refractivity (Wildman–Crippen MR) is 109 cm³/mol. The van der Waals surface area contributed by atoms with Gasteiger partial charge in [0.05, 0.1) is 16.7 Å². The molecular weight excluding hydrogens is 410 g/mol. The van der Waals surface area contributed by atoms with Crippen LogP contribution in [0.25, 0.3) is 0 Å². The first-order valence-corrected chi connectivity index (χ1v) is 9.92. The van der Waals surface area contributed by atoms with Gasteiger partial charge >= 0.3 is 0 Å². The van der Waals surface area contributed by atoms with Crippen molar-refractivity contribution in [1.82, 2.24) is 0 Å². The molecule has 1 aliphatic heterocycles. The van der Waals surface area contributed by atoms with Gasteiger partial charge in [0.1, 0.15) is 18.1 Å². The Morgan fingerprint density at radius 2 is 2.15 bits per heavy atom. The van der Waals surface area contributed by atoms with Gasteiger partial charge in [0.2, 0.25) is 0 Å². The predicted octanol–water partition coefficient (Wildman–Crippen LogP) is 5.05. The molecule has 2 aromatic carbocycles. The zero-order valence-corrected chi connectivity index (χ0v) is 17.1. The highest BCUT2D eigenvalue weighted by Gasteiger charge is 2.17. The Morgan fingerprint density at radius 3 is 2.85 bits per heavy atom. The average Bonchev–Trinajstić information content (AvgIpc) is 3.14. The van der Waals surface area contributed by atoms with Crippen molar-refractivity contribution in [1.29, 1.82) is 0 Å². The third kappa shape index (κ3) is 5.71. The van der Waals surface area contributed by atoms with Crippen LogP contribution in [0, 0.1) is 0 Å². The number of hydrogen-bond donors (Lipinski definition) is 1. The molecule has 144 valence electrons. The van der Waals surface area contributed by atoms with Crippen LogP contribution in [0.5, 0.6) is 11.5 Å². The molecule has 1 heterocycles. The Morgan fingerprint density at radius 1 is 1.30 bits per heavy atom. The smallest absolute Gasteiger partial charge is 0.255 e. The first-order chi connectivity index (χ1) is 13.0. The second-order valence-corrected chi connectivity index (χ2v) is 7.59. The van der Waals surface area contributed by atoms with Crippen molar-refractivity contribution in [3.05, 3.63) is 52.5 Å². The van der Waals surface area contributed by atoms with Crippen molar-refractivity contribution in [2.45, 2.75) is 38.9 Å². The molecule has 0 spiro atoms. The highest BCUT2D eigenvalue weighted by Crippen LogP contribution is 2.28. The molecule has 1 N–H and O–H groups in total. The molecule has 1 saturated heterocycles. The van der Waals surface area contributed by atoms with Crippen molar-refractivity contribution < 1.29 is 19.0 Å². The molecule has 6 heteroatoms. The molecule has 0 radical (unpaired) electrons. The van der Waals surface area contributed by atoms with Gasteiger partial charge in [-0.05, 0) is 73.0 Å². The summed E-state index contributed by atoms with van der Waals surface area (Å²) in [5.41, 5.74) is 1.23. The van der Waals surface area contributed by atoms with E-state index in [0.29, 0.717) is 23.6 Å². The number of benzene rings is 2. The van der Waals surface area contributed by atoms with Gasteiger partial charge in [-0.15, -0.1) is 0 Å². The van der Waals surface area contributed by atoms with Crippen molar-refractivity contribution in [3.8, 4) is 11.5 Å². The molecule has 1 amide bonds. The van der Waals surface area contributed by atoms with Crippen LogP contribution in [0.15, 0.2) is 46.9 Å². The number of amides is 1. The third-order valence-electron chi connectivity index (χ3n) is 4.11. The van der Waals surface area contributed by atoms with Gasteiger partial charge in [0.25, 0.3) is 5.91 Å². The van der Waals surface area contributed by atoms with E-state index in [1.807, 2.05) is 38.1 Å². The Kier molecular flexibility index (Phi) is 6.74. The summed E-state index contributed by atoms with van der Waals surface area (Å²) in [6.45, 7) is 5.25. The van der Waals surface area contributed by atoms with E-state index in [-0.39, 0.29) is 18.1 Å². The topological polar surface area (TPSA) is 56.8 Å². The van der Waals surface area contributed by atoms with Crippen LogP contribution in [0.4, 0.5) is 5.69 Å². The molecule has 5 nitrogen and oxygen atoms in total. The average molecular weight is 434 g/mol. The van der Waals surface area contributed by atoms with E-state index in [9.17, 15) is 4.79 Å². The van der Waals surface area contributed by atoms with Crippen LogP contribution in [0.2, 0.25) is 0 Å². The van der Waals surface area contributed by atoms with Gasteiger partial charge in [-0.25, -0.2) is 0 Å². The SMILES string of the molecule is CC(C)Oc1cccc(NC(=O)c2ccc(OCC3CCCO3)c(Br)c2)c1. The molecule has 1 atom stereocenters. The largest absolute Gasteiger partial charge is 0.491 e. The number of halogens is 1. The number of hydrogen-bond acceptors (Lipinski definition) is 4. The summed E-state index contributed by atoms with van der Waals surface area (Å²) in [5, 5.41) is 2.89. The fraction of sp³-hybridized carbons (Fsp3) is 0.381. The molecule has 0 aliphatic carbocycles. The van der Waals surface area contributed by atoms with E-state index in [2.05, 4.69) is 21.2 Å². The minimum Gasteiger partial charge on any atom is -0.491 e. The van der Waals surface area contributed by atoms with Crippen molar-refractivity contribution >= 4 is 27.5 Å². The van der Waals surface area contributed by atoms with Gasteiger partial charge in [-0.2, -0.15) is 0 Å². The maximum atomic E-state index is 12.5. The number of rotatable bonds is 7. The maximum absolute atomic E-state index is 12.5. The summed E-state index contributed by atoms with van der Waals surface area (Å²) in [7, 11) is 0. The molecule has 0 bridgehead atoms. The second kappa shape index (κ2) is 9.24. The lowest BCUT2D eigenvalue weighted by atomic mass is 10.2. The number of carbonyl (C=O) groups is 1. The summed E-state index contributed by atoms with van der Waals surface area (Å²) in [5.74, 6) is 1.24. The summed E-state index contributed by atoms with van der Waals surface area (Å²) < 4.78 is 17.8. The second-order valence-electron chi connectivity index (χ2n) is 6.74. The first-order valence-electron chi connectivity index (χ1n) is 9.13. The minimum atomic E-state index is -0.192. The minimum absolute atomic E-state index is 0.0779. The fourth-order valence-corrected chi connectivity index (χ4v) is 3.33. The number of ether oxygens (including phenoxy) is 3. The molecule has 0 saturated carbocycles. The van der Waals surface area contributed by atoms with Gasteiger partial charge in [-0.3, -0.25) is 4.79 Å². The molecule has 1 unspecified atom stereocenters. The first kappa shape index (κ1) is 19.7. The van der Waals surface area contributed by atoms with E-state index in [1.165, 1.54) is 0 Å². The Labute approximate surface area is 168 Å². The molecule has 1 aliphatic rings. The summed E-state index contributed by atoms with van der Waals surface area (Å²) >= 11 is 3.48. The lowest BCUT2D eigenvalue weighted by Gasteiger charge is -2.14. The highest BCUT2D eigenvalue weighted by atomic mass is 79.9. The quantitative estimate of drug-likeness (QED) is 0.663. The zero-order valence-electron chi connectivity index (χ0n) is 15.5. The summed E-state index contributed by atoms with van der Waals surface area (Å²) in [6.07, 6.45) is 2.34. The van der Waals surface area contributed by atoms with E-state index < -0.39 is 0 Å². The molecule has 3 rings (SSSR count). The Balaban J connectivity index is 1.62. The van der Waals surface area contributed by atoms with Gasteiger partial charge in [-0.1, -0.05) is 6.07 Å². The van der Waals surface area contributed by atoms with Crippen LogP contribution in [-0.4, -0.2) is 31.3 Å². The zero-order chi connectivity index (χ0) is 19.2. The molecule has 27 heavy (non-hydrogen) atoms. The van der Waals surface area contributed by atoms with E-state index >= 15 is 0 Å². The van der Waals surface area contributed by atoms with E-state index in [4.69, 9.17) is 14.2 Å². The number of carbonyl (C=O) groups excluding carboxylic acids is 1. The standard InChI is InChI=1S/C21H24BrNO4/c1-14(2)27-17-6-3-5-16(12-17)23-21(24)15-8-9-20(19(22)11-15)26-13-18-7-4-10-25-18/h3,5-6,8-9,11-12,14,18H,4,7,10,13H2,1-2H3,(H,23,24). The Bertz CT molecular complexity index is 788. The van der Waals surface area contributed by atoms with Crippen molar-refractivity contribution in [2.75, 3.05) is 18.5 Å². The van der Waals surface area contributed by atoms with E-state index in [0.717, 1.165) is 29.7 Å². The number of anilines is 1.